The lowest BCUT2D eigenvalue weighted by molar-refractivity contribution is -0.115. The van der Waals surface area contributed by atoms with Crippen molar-refractivity contribution in [3.63, 3.8) is 0 Å². The van der Waals surface area contributed by atoms with E-state index in [1.807, 2.05) is 25.1 Å². The standard InChI is InChI=1S/C21H22N2O4S/c1-13-20(24)23-18-11-14(4-9-19(18)28-13)21(25)22-15-5-7-16(8-6-15)27-12-17-3-2-10-26-17/h4-9,11,13,17H,2-3,10,12H2,1H3,(H,22,25)(H,23,24)/t13-,17+/m0/s1. The van der Waals surface area contributed by atoms with Gasteiger partial charge in [-0.3, -0.25) is 9.59 Å². The number of anilines is 2. The molecular weight excluding hydrogens is 376 g/mol. The molecule has 7 heteroatoms. The highest BCUT2D eigenvalue weighted by molar-refractivity contribution is 8.00. The third-order valence-corrected chi connectivity index (χ3v) is 5.92. The number of hydrogen-bond donors (Lipinski definition) is 2. The van der Waals surface area contributed by atoms with Crippen LogP contribution in [0.25, 0.3) is 0 Å². The van der Waals surface area contributed by atoms with Crippen LogP contribution in [-0.2, 0) is 9.53 Å². The second-order valence-electron chi connectivity index (χ2n) is 6.88. The van der Waals surface area contributed by atoms with Crippen LogP contribution < -0.4 is 15.4 Å². The molecule has 0 radical (unpaired) electrons. The van der Waals surface area contributed by atoms with Crippen molar-refractivity contribution >= 4 is 35.0 Å². The van der Waals surface area contributed by atoms with Gasteiger partial charge in [0.05, 0.1) is 17.0 Å². The first kappa shape index (κ1) is 18.8. The van der Waals surface area contributed by atoms with Gasteiger partial charge in [0.1, 0.15) is 12.4 Å². The van der Waals surface area contributed by atoms with Gasteiger partial charge in [0.15, 0.2) is 0 Å². The first-order chi connectivity index (χ1) is 13.6. The lowest BCUT2D eigenvalue weighted by Gasteiger charge is -2.21. The smallest absolute Gasteiger partial charge is 0.255 e. The van der Waals surface area contributed by atoms with Crippen LogP contribution in [0.3, 0.4) is 0 Å². The normalized spacial score (nSPS) is 21.0. The molecule has 0 unspecified atom stereocenters. The summed E-state index contributed by atoms with van der Waals surface area (Å²) in [6.45, 7) is 3.21. The number of nitrogens with one attached hydrogen (secondary N) is 2. The van der Waals surface area contributed by atoms with Crippen molar-refractivity contribution in [1.82, 2.24) is 0 Å². The van der Waals surface area contributed by atoms with Crippen molar-refractivity contribution < 1.29 is 19.1 Å². The van der Waals surface area contributed by atoms with Gasteiger partial charge in [-0.25, -0.2) is 0 Å². The topological polar surface area (TPSA) is 76.7 Å². The monoisotopic (exact) mass is 398 g/mol. The van der Waals surface area contributed by atoms with E-state index in [-0.39, 0.29) is 23.2 Å². The summed E-state index contributed by atoms with van der Waals surface area (Å²) in [5, 5.41) is 5.59. The van der Waals surface area contributed by atoms with Crippen LogP contribution in [0.1, 0.15) is 30.1 Å². The van der Waals surface area contributed by atoms with Crippen LogP contribution in [0.5, 0.6) is 5.75 Å². The molecule has 28 heavy (non-hydrogen) atoms. The van der Waals surface area contributed by atoms with Gasteiger partial charge in [-0.1, -0.05) is 0 Å². The molecule has 0 spiro atoms. The Balaban J connectivity index is 1.37. The van der Waals surface area contributed by atoms with Crippen LogP contribution in [-0.4, -0.2) is 36.4 Å². The van der Waals surface area contributed by atoms with Crippen LogP contribution in [0.2, 0.25) is 0 Å². The van der Waals surface area contributed by atoms with Crippen molar-refractivity contribution in [2.75, 3.05) is 23.8 Å². The minimum atomic E-state index is -0.228. The SMILES string of the molecule is C[C@@H]1Sc2ccc(C(=O)Nc3ccc(OC[C@H]4CCCO4)cc3)cc2NC1=O. The number of carbonyl (C=O) groups excluding carboxylic acids is 2. The molecule has 6 nitrogen and oxygen atoms in total. The largest absolute Gasteiger partial charge is 0.491 e. The fraction of sp³-hybridized carbons (Fsp3) is 0.333. The van der Waals surface area contributed by atoms with E-state index in [0.29, 0.717) is 23.5 Å². The molecule has 1 saturated heterocycles. The van der Waals surface area contributed by atoms with E-state index in [4.69, 9.17) is 9.47 Å². The van der Waals surface area contributed by atoms with E-state index in [2.05, 4.69) is 10.6 Å². The van der Waals surface area contributed by atoms with E-state index >= 15 is 0 Å². The highest BCUT2D eigenvalue weighted by atomic mass is 32.2. The fourth-order valence-corrected chi connectivity index (χ4v) is 4.08. The average Bonchev–Trinajstić information content (AvgIpc) is 3.21. The highest BCUT2D eigenvalue weighted by Gasteiger charge is 2.23. The van der Waals surface area contributed by atoms with Crippen molar-refractivity contribution in [2.24, 2.45) is 0 Å². The van der Waals surface area contributed by atoms with Crippen LogP contribution >= 0.6 is 11.8 Å². The molecule has 0 saturated carbocycles. The van der Waals surface area contributed by atoms with Gasteiger partial charge in [0.2, 0.25) is 5.91 Å². The lowest BCUT2D eigenvalue weighted by atomic mass is 10.1. The maximum atomic E-state index is 12.6. The molecule has 2 atom stereocenters. The number of hydrogen-bond acceptors (Lipinski definition) is 5. The lowest BCUT2D eigenvalue weighted by Crippen LogP contribution is -2.26. The first-order valence-corrected chi connectivity index (χ1v) is 10.2. The minimum absolute atomic E-state index is 0.0475. The number of thioether (sulfide) groups is 1. The van der Waals surface area contributed by atoms with Crippen molar-refractivity contribution in [3.05, 3.63) is 48.0 Å². The number of rotatable bonds is 5. The Bertz CT molecular complexity index is 878. The summed E-state index contributed by atoms with van der Waals surface area (Å²) >= 11 is 1.49. The van der Waals surface area contributed by atoms with Gasteiger partial charge in [0.25, 0.3) is 5.91 Å². The van der Waals surface area contributed by atoms with Crippen LogP contribution in [0.4, 0.5) is 11.4 Å². The molecule has 2 amide bonds. The Labute approximate surface area is 168 Å². The zero-order valence-electron chi connectivity index (χ0n) is 15.6. The Hall–Kier alpha value is -2.51. The maximum absolute atomic E-state index is 12.6. The number of amides is 2. The summed E-state index contributed by atoms with van der Waals surface area (Å²) in [5.41, 5.74) is 1.85. The number of carbonyl (C=O) groups is 2. The first-order valence-electron chi connectivity index (χ1n) is 9.36. The number of fused-ring (bicyclic) bond motifs is 1. The maximum Gasteiger partial charge on any atom is 0.255 e. The van der Waals surface area contributed by atoms with Gasteiger partial charge in [-0.05, 0) is 62.2 Å². The van der Waals surface area contributed by atoms with Gasteiger partial charge >= 0.3 is 0 Å². The molecule has 146 valence electrons. The molecule has 4 rings (SSSR count). The molecule has 0 aromatic heterocycles. The molecule has 0 aliphatic carbocycles. The highest BCUT2D eigenvalue weighted by Crippen LogP contribution is 2.36. The molecule has 2 N–H and O–H groups in total. The summed E-state index contributed by atoms with van der Waals surface area (Å²) in [6.07, 6.45) is 2.29. The molecule has 2 heterocycles. The van der Waals surface area contributed by atoms with E-state index in [9.17, 15) is 9.59 Å². The minimum Gasteiger partial charge on any atom is -0.491 e. The Morgan fingerprint density at radius 1 is 1.29 bits per heavy atom. The van der Waals surface area contributed by atoms with Crippen LogP contribution in [0.15, 0.2) is 47.4 Å². The summed E-state index contributed by atoms with van der Waals surface area (Å²) in [6, 6.07) is 12.6. The summed E-state index contributed by atoms with van der Waals surface area (Å²) in [7, 11) is 0. The summed E-state index contributed by atoms with van der Waals surface area (Å²) in [5.74, 6) is 0.471. The van der Waals surface area contributed by atoms with E-state index in [1.165, 1.54) is 11.8 Å². The zero-order chi connectivity index (χ0) is 19.5. The third-order valence-electron chi connectivity index (χ3n) is 4.74. The van der Waals surface area contributed by atoms with E-state index in [0.717, 1.165) is 30.1 Å². The zero-order valence-corrected chi connectivity index (χ0v) is 16.4. The molecule has 2 aromatic rings. The molecular formula is C21H22N2O4S. The Morgan fingerprint density at radius 3 is 2.86 bits per heavy atom. The predicted octanol–water partition coefficient (Wildman–Crippen LogP) is 3.93. The van der Waals surface area contributed by atoms with Gasteiger partial charge in [0, 0.05) is 22.8 Å². The van der Waals surface area contributed by atoms with Gasteiger partial charge in [-0.15, -0.1) is 11.8 Å². The van der Waals surface area contributed by atoms with Gasteiger partial charge < -0.3 is 20.1 Å². The summed E-state index contributed by atoms with van der Waals surface area (Å²) in [4.78, 5) is 25.4. The van der Waals surface area contributed by atoms with Crippen LogP contribution in [0, 0.1) is 0 Å². The summed E-state index contributed by atoms with van der Waals surface area (Å²) < 4.78 is 11.3. The van der Waals surface area contributed by atoms with E-state index < -0.39 is 0 Å². The second kappa shape index (κ2) is 8.24. The number of benzene rings is 2. The Kier molecular flexibility index (Phi) is 5.54. The molecule has 2 aromatic carbocycles. The van der Waals surface area contributed by atoms with Gasteiger partial charge in [-0.2, -0.15) is 0 Å². The molecule has 0 bridgehead atoms. The average molecular weight is 398 g/mol. The quantitative estimate of drug-likeness (QED) is 0.798. The van der Waals surface area contributed by atoms with Crippen molar-refractivity contribution in [3.8, 4) is 5.75 Å². The van der Waals surface area contributed by atoms with Crippen molar-refractivity contribution in [2.45, 2.75) is 36.0 Å². The molecule has 2 aliphatic heterocycles. The predicted molar refractivity (Wildman–Crippen MR) is 109 cm³/mol. The van der Waals surface area contributed by atoms with E-state index in [1.54, 1.807) is 24.3 Å². The Morgan fingerprint density at radius 2 is 2.11 bits per heavy atom. The second-order valence-corrected chi connectivity index (χ2v) is 8.27. The third kappa shape index (κ3) is 4.31. The number of ether oxygens (including phenoxy) is 2. The molecule has 1 fully saturated rings. The van der Waals surface area contributed by atoms with Crippen molar-refractivity contribution in [1.29, 1.82) is 0 Å². The molecule has 2 aliphatic rings. The fourth-order valence-electron chi connectivity index (χ4n) is 3.15.